The summed E-state index contributed by atoms with van der Waals surface area (Å²) in [5, 5.41) is 7.59. The van der Waals surface area contributed by atoms with Crippen LogP contribution in [-0.2, 0) is 13.1 Å². The summed E-state index contributed by atoms with van der Waals surface area (Å²) < 4.78 is 10.9. The maximum Gasteiger partial charge on any atom is 0.191 e. The van der Waals surface area contributed by atoms with Gasteiger partial charge >= 0.3 is 0 Å². The van der Waals surface area contributed by atoms with E-state index < -0.39 is 0 Å². The zero-order valence-electron chi connectivity index (χ0n) is 14.5. The Morgan fingerprint density at radius 2 is 2.04 bits per heavy atom. The number of hydrogen-bond donors (Lipinski definition) is 2. The lowest BCUT2D eigenvalue weighted by Crippen LogP contribution is -2.36. The first-order valence-corrected chi connectivity index (χ1v) is 8.63. The molecule has 0 aliphatic rings. The number of aliphatic imine (C=N–C) groups is 1. The van der Waals surface area contributed by atoms with Crippen LogP contribution in [0.2, 0.25) is 0 Å². The molecule has 0 aliphatic carbocycles. The molecule has 0 atom stereocenters. The van der Waals surface area contributed by atoms with Crippen LogP contribution < -0.4 is 20.1 Å². The largest absolute Gasteiger partial charge is 0.493 e. The van der Waals surface area contributed by atoms with Crippen molar-refractivity contribution in [2.75, 3.05) is 20.8 Å². The van der Waals surface area contributed by atoms with Crippen LogP contribution in [0.15, 0.2) is 29.4 Å². The molecule has 0 bridgehead atoms. The maximum absolute atomic E-state index is 5.60. The van der Waals surface area contributed by atoms with E-state index in [1.807, 2.05) is 38.2 Å². The predicted molar refractivity (Wildman–Crippen MR) is 98.1 cm³/mol. The Hall–Kier alpha value is -2.28. The summed E-state index contributed by atoms with van der Waals surface area (Å²) >= 11 is 1.68. The number of methoxy groups -OCH3 is 1. The van der Waals surface area contributed by atoms with E-state index in [1.54, 1.807) is 25.5 Å². The minimum Gasteiger partial charge on any atom is -0.493 e. The van der Waals surface area contributed by atoms with Crippen molar-refractivity contribution in [3.8, 4) is 11.5 Å². The van der Waals surface area contributed by atoms with Crippen molar-refractivity contribution in [2.45, 2.75) is 26.9 Å². The van der Waals surface area contributed by atoms with Crippen molar-refractivity contribution in [1.82, 2.24) is 15.6 Å². The van der Waals surface area contributed by atoms with Gasteiger partial charge in [0.2, 0.25) is 0 Å². The molecule has 0 saturated carbocycles. The van der Waals surface area contributed by atoms with Gasteiger partial charge in [0.1, 0.15) is 5.01 Å². The third-order valence-electron chi connectivity index (χ3n) is 3.29. The molecule has 24 heavy (non-hydrogen) atoms. The van der Waals surface area contributed by atoms with Crippen LogP contribution in [0.5, 0.6) is 11.5 Å². The van der Waals surface area contributed by atoms with Crippen LogP contribution in [0, 0.1) is 6.92 Å². The standard InChI is InChI=1S/C17H24N4O2S/c1-5-23-15-8-13(6-7-14(15)22-4)10-20-17(18-3)21-11-16-19-9-12(2)24-16/h6-9H,5,10-11H2,1-4H3,(H2,18,20,21). The molecule has 0 unspecified atom stereocenters. The number of aryl methyl sites for hydroxylation is 1. The fourth-order valence-electron chi connectivity index (χ4n) is 2.15. The highest BCUT2D eigenvalue weighted by Crippen LogP contribution is 2.27. The van der Waals surface area contributed by atoms with Crippen LogP contribution in [0.25, 0.3) is 0 Å². The van der Waals surface area contributed by atoms with Gasteiger partial charge in [-0.3, -0.25) is 4.99 Å². The van der Waals surface area contributed by atoms with E-state index in [0.29, 0.717) is 19.7 Å². The van der Waals surface area contributed by atoms with Gasteiger partial charge in [-0.1, -0.05) is 6.07 Å². The molecule has 7 heteroatoms. The van der Waals surface area contributed by atoms with E-state index in [0.717, 1.165) is 28.0 Å². The summed E-state index contributed by atoms with van der Waals surface area (Å²) in [6.45, 7) is 5.90. The molecule has 1 heterocycles. The van der Waals surface area contributed by atoms with Gasteiger partial charge in [-0.15, -0.1) is 11.3 Å². The summed E-state index contributed by atoms with van der Waals surface area (Å²) in [6, 6.07) is 5.90. The summed E-state index contributed by atoms with van der Waals surface area (Å²) in [5.74, 6) is 2.22. The Labute approximate surface area is 146 Å². The average molecular weight is 348 g/mol. The zero-order valence-corrected chi connectivity index (χ0v) is 15.4. The number of rotatable bonds is 7. The first-order chi connectivity index (χ1) is 11.7. The minimum absolute atomic E-state index is 0.601. The second-order valence-corrected chi connectivity index (χ2v) is 6.38. The van der Waals surface area contributed by atoms with Crippen molar-refractivity contribution in [3.05, 3.63) is 39.8 Å². The Kier molecular flexibility index (Phi) is 6.87. The lowest BCUT2D eigenvalue weighted by atomic mass is 10.2. The van der Waals surface area contributed by atoms with Gasteiger partial charge in [0, 0.05) is 24.7 Å². The lowest BCUT2D eigenvalue weighted by molar-refractivity contribution is 0.310. The Morgan fingerprint density at radius 3 is 2.67 bits per heavy atom. The van der Waals surface area contributed by atoms with Crippen molar-refractivity contribution in [1.29, 1.82) is 0 Å². The summed E-state index contributed by atoms with van der Waals surface area (Å²) in [5.41, 5.74) is 1.09. The van der Waals surface area contributed by atoms with E-state index in [1.165, 1.54) is 4.88 Å². The van der Waals surface area contributed by atoms with Crippen molar-refractivity contribution >= 4 is 17.3 Å². The normalized spacial score (nSPS) is 11.2. The summed E-state index contributed by atoms with van der Waals surface area (Å²) in [7, 11) is 3.39. The third kappa shape index (κ3) is 5.13. The highest BCUT2D eigenvalue weighted by atomic mass is 32.1. The Bertz CT molecular complexity index is 685. The number of nitrogens with zero attached hydrogens (tertiary/aromatic N) is 2. The molecule has 2 N–H and O–H groups in total. The number of hydrogen-bond acceptors (Lipinski definition) is 5. The van der Waals surface area contributed by atoms with Gasteiger partial charge < -0.3 is 20.1 Å². The highest BCUT2D eigenvalue weighted by Gasteiger charge is 2.06. The van der Waals surface area contributed by atoms with Crippen molar-refractivity contribution < 1.29 is 9.47 Å². The number of benzene rings is 1. The van der Waals surface area contributed by atoms with Gasteiger partial charge in [0.15, 0.2) is 17.5 Å². The maximum atomic E-state index is 5.60. The fraction of sp³-hybridized carbons (Fsp3) is 0.412. The van der Waals surface area contributed by atoms with E-state index in [-0.39, 0.29) is 0 Å². The van der Waals surface area contributed by atoms with Crippen molar-refractivity contribution in [2.24, 2.45) is 4.99 Å². The van der Waals surface area contributed by atoms with Gasteiger partial charge in [-0.25, -0.2) is 4.98 Å². The molecule has 0 amide bonds. The summed E-state index contributed by atoms with van der Waals surface area (Å²) in [6.07, 6.45) is 1.88. The quantitative estimate of drug-likeness (QED) is 0.595. The fourth-order valence-corrected chi connectivity index (χ4v) is 2.88. The Morgan fingerprint density at radius 1 is 1.25 bits per heavy atom. The lowest BCUT2D eigenvalue weighted by Gasteiger charge is -2.13. The van der Waals surface area contributed by atoms with Gasteiger partial charge in [0.05, 0.1) is 20.3 Å². The van der Waals surface area contributed by atoms with Gasteiger partial charge in [-0.05, 0) is 31.5 Å². The van der Waals surface area contributed by atoms with Crippen LogP contribution in [0.4, 0.5) is 0 Å². The van der Waals surface area contributed by atoms with E-state index >= 15 is 0 Å². The first kappa shape index (κ1) is 18.1. The van der Waals surface area contributed by atoms with Crippen LogP contribution in [0.3, 0.4) is 0 Å². The molecule has 130 valence electrons. The van der Waals surface area contributed by atoms with E-state index in [9.17, 15) is 0 Å². The molecule has 0 saturated heterocycles. The van der Waals surface area contributed by atoms with Crippen LogP contribution in [0.1, 0.15) is 22.4 Å². The first-order valence-electron chi connectivity index (χ1n) is 7.81. The number of nitrogens with one attached hydrogen (secondary N) is 2. The topological polar surface area (TPSA) is 67.8 Å². The molecule has 2 rings (SSSR count). The zero-order chi connectivity index (χ0) is 17.4. The molecule has 0 spiro atoms. The molecule has 0 fully saturated rings. The van der Waals surface area contributed by atoms with Gasteiger partial charge in [-0.2, -0.15) is 0 Å². The monoisotopic (exact) mass is 348 g/mol. The molecule has 6 nitrogen and oxygen atoms in total. The second-order valence-electron chi connectivity index (χ2n) is 5.06. The molecule has 0 aliphatic heterocycles. The Balaban J connectivity index is 1.91. The molecular formula is C17H24N4O2S. The molecule has 1 aromatic heterocycles. The van der Waals surface area contributed by atoms with E-state index in [4.69, 9.17) is 9.47 Å². The van der Waals surface area contributed by atoms with Crippen molar-refractivity contribution in [3.63, 3.8) is 0 Å². The number of ether oxygens (including phenoxy) is 2. The molecule has 2 aromatic rings. The number of guanidine groups is 1. The third-order valence-corrected chi connectivity index (χ3v) is 4.20. The highest BCUT2D eigenvalue weighted by molar-refractivity contribution is 7.11. The average Bonchev–Trinajstić information content (AvgIpc) is 3.01. The number of aromatic nitrogens is 1. The van der Waals surface area contributed by atoms with Gasteiger partial charge in [0.25, 0.3) is 0 Å². The SMILES string of the molecule is CCOc1cc(CNC(=NC)NCc2ncc(C)s2)ccc1OC. The smallest absolute Gasteiger partial charge is 0.191 e. The van der Waals surface area contributed by atoms with E-state index in [2.05, 4.69) is 20.6 Å². The predicted octanol–water partition coefficient (Wildman–Crippen LogP) is 2.72. The minimum atomic E-state index is 0.601. The van der Waals surface area contributed by atoms with Crippen LogP contribution in [-0.4, -0.2) is 31.7 Å². The number of thiazole rings is 1. The molecule has 0 radical (unpaired) electrons. The summed E-state index contributed by atoms with van der Waals surface area (Å²) in [4.78, 5) is 9.77. The second kappa shape index (κ2) is 9.12. The van der Waals surface area contributed by atoms with Crippen LogP contribution >= 0.6 is 11.3 Å². The molecular weight excluding hydrogens is 324 g/mol. The molecule has 1 aromatic carbocycles.